The van der Waals surface area contributed by atoms with E-state index in [9.17, 15) is 4.39 Å². The van der Waals surface area contributed by atoms with Crippen molar-refractivity contribution in [1.29, 1.82) is 0 Å². The van der Waals surface area contributed by atoms with Crippen molar-refractivity contribution in [3.8, 4) is 22.5 Å². The van der Waals surface area contributed by atoms with Gasteiger partial charge in [-0.3, -0.25) is 4.40 Å². The number of halogens is 2. The van der Waals surface area contributed by atoms with E-state index in [1.807, 2.05) is 52.7 Å². The molecule has 114 valence electrons. The molecule has 0 N–H and O–H groups in total. The van der Waals surface area contributed by atoms with E-state index in [0.29, 0.717) is 5.02 Å². The molecule has 0 atom stereocenters. The number of benzene rings is 2. The first kappa shape index (κ1) is 14.0. The minimum Gasteiger partial charge on any atom is -0.313 e. The Hall–Kier alpha value is -2.59. The Bertz CT molecular complexity index is 982. The SMILES string of the molecule is Cn1c(-c2ccc(F)cc2)cn2cc(-c3ccc(Cl)cc3)nc12. The van der Waals surface area contributed by atoms with Gasteiger partial charge in [0.15, 0.2) is 0 Å². The Balaban J connectivity index is 1.80. The highest BCUT2D eigenvalue weighted by Gasteiger charge is 2.12. The summed E-state index contributed by atoms with van der Waals surface area (Å²) in [5.74, 6) is 0.590. The van der Waals surface area contributed by atoms with Gasteiger partial charge in [-0.2, -0.15) is 0 Å². The largest absolute Gasteiger partial charge is 0.313 e. The molecule has 2 aromatic heterocycles. The van der Waals surface area contributed by atoms with Crippen molar-refractivity contribution >= 4 is 17.4 Å². The second kappa shape index (κ2) is 5.25. The van der Waals surface area contributed by atoms with Crippen molar-refractivity contribution in [3.05, 3.63) is 71.8 Å². The van der Waals surface area contributed by atoms with Crippen molar-refractivity contribution in [2.24, 2.45) is 7.05 Å². The summed E-state index contributed by atoms with van der Waals surface area (Å²) in [6.45, 7) is 0. The lowest BCUT2D eigenvalue weighted by Gasteiger charge is -2.02. The average molecular weight is 326 g/mol. The Morgan fingerprint density at radius 3 is 2.22 bits per heavy atom. The molecule has 0 bridgehead atoms. The number of hydrogen-bond donors (Lipinski definition) is 0. The number of aromatic nitrogens is 3. The van der Waals surface area contributed by atoms with E-state index in [1.54, 1.807) is 12.1 Å². The summed E-state index contributed by atoms with van der Waals surface area (Å²) in [5.41, 5.74) is 3.84. The van der Waals surface area contributed by atoms with Gasteiger partial charge in [0.1, 0.15) is 5.82 Å². The lowest BCUT2D eigenvalue weighted by atomic mass is 10.1. The molecule has 0 radical (unpaired) electrons. The minimum atomic E-state index is -0.238. The molecule has 0 aliphatic rings. The number of hydrogen-bond acceptors (Lipinski definition) is 1. The monoisotopic (exact) mass is 325 g/mol. The molecule has 5 heteroatoms. The smallest absolute Gasteiger partial charge is 0.214 e. The summed E-state index contributed by atoms with van der Waals surface area (Å²) in [4.78, 5) is 4.68. The normalized spacial score (nSPS) is 11.3. The first-order chi connectivity index (χ1) is 11.1. The Morgan fingerprint density at radius 2 is 1.57 bits per heavy atom. The maximum atomic E-state index is 13.1. The van der Waals surface area contributed by atoms with E-state index in [1.165, 1.54) is 12.1 Å². The molecule has 23 heavy (non-hydrogen) atoms. The molecule has 0 spiro atoms. The number of imidazole rings is 2. The van der Waals surface area contributed by atoms with Crippen LogP contribution < -0.4 is 0 Å². The van der Waals surface area contributed by atoms with Crippen LogP contribution in [-0.4, -0.2) is 14.0 Å². The van der Waals surface area contributed by atoms with Crippen LogP contribution in [-0.2, 0) is 7.05 Å². The Morgan fingerprint density at radius 1 is 0.913 bits per heavy atom. The van der Waals surface area contributed by atoms with Crippen molar-refractivity contribution in [2.75, 3.05) is 0 Å². The molecule has 0 unspecified atom stereocenters. The number of rotatable bonds is 2. The molecule has 0 saturated carbocycles. The van der Waals surface area contributed by atoms with E-state index in [2.05, 4.69) is 4.98 Å². The van der Waals surface area contributed by atoms with Gasteiger partial charge < -0.3 is 4.57 Å². The van der Waals surface area contributed by atoms with Crippen LogP contribution in [0.1, 0.15) is 0 Å². The number of fused-ring (bicyclic) bond motifs is 1. The standard InChI is InChI=1S/C18H13ClFN3/c1-22-17(13-4-8-15(20)9-5-13)11-23-10-16(21-18(22)23)12-2-6-14(19)7-3-12/h2-11H,1H3. The van der Waals surface area contributed by atoms with Gasteiger partial charge in [-0.15, -0.1) is 0 Å². The zero-order chi connectivity index (χ0) is 16.0. The third kappa shape index (κ3) is 2.41. The van der Waals surface area contributed by atoms with E-state index in [-0.39, 0.29) is 5.82 Å². The van der Waals surface area contributed by atoms with Gasteiger partial charge >= 0.3 is 0 Å². The van der Waals surface area contributed by atoms with Crippen LogP contribution in [0.3, 0.4) is 0 Å². The predicted molar refractivity (Wildman–Crippen MR) is 90.0 cm³/mol. The van der Waals surface area contributed by atoms with Crippen LogP contribution in [0, 0.1) is 5.82 Å². The topological polar surface area (TPSA) is 22.2 Å². The molecule has 0 aliphatic heterocycles. The second-order valence-corrected chi connectivity index (χ2v) is 5.86. The molecule has 3 nitrogen and oxygen atoms in total. The maximum Gasteiger partial charge on any atom is 0.214 e. The van der Waals surface area contributed by atoms with Gasteiger partial charge in [0, 0.05) is 30.0 Å². The summed E-state index contributed by atoms with van der Waals surface area (Å²) in [7, 11) is 1.95. The average Bonchev–Trinajstić information content (AvgIpc) is 3.09. The van der Waals surface area contributed by atoms with E-state index < -0.39 is 0 Å². The molecular weight excluding hydrogens is 313 g/mol. The fourth-order valence-electron chi connectivity index (χ4n) is 2.70. The van der Waals surface area contributed by atoms with Gasteiger partial charge in [-0.25, -0.2) is 9.37 Å². The van der Waals surface area contributed by atoms with E-state index >= 15 is 0 Å². The second-order valence-electron chi connectivity index (χ2n) is 5.42. The van der Waals surface area contributed by atoms with Gasteiger partial charge in [0.25, 0.3) is 0 Å². The van der Waals surface area contributed by atoms with Crippen molar-refractivity contribution in [1.82, 2.24) is 14.0 Å². The molecule has 0 amide bonds. The molecule has 2 aromatic carbocycles. The van der Waals surface area contributed by atoms with Gasteiger partial charge in [0.05, 0.1) is 11.4 Å². The number of nitrogens with zero attached hydrogens (tertiary/aromatic N) is 3. The third-order valence-corrected chi connectivity index (χ3v) is 4.17. The molecule has 4 rings (SSSR count). The lowest BCUT2D eigenvalue weighted by molar-refractivity contribution is 0.628. The highest BCUT2D eigenvalue weighted by molar-refractivity contribution is 6.30. The maximum absolute atomic E-state index is 13.1. The molecule has 2 heterocycles. The molecule has 4 aromatic rings. The zero-order valence-corrected chi connectivity index (χ0v) is 13.1. The first-order valence-electron chi connectivity index (χ1n) is 7.18. The minimum absolute atomic E-state index is 0.238. The third-order valence-electron chi connectivity index (χ3n) is 3.92. The molecule has 0 aliphatic carbocycles. The summed E-state index contributed by atoms with van der Waals surface area (Å²) >= 11 is 5.93. The van der Waals surface area contributed by atoms with Crippen LogP contribution in [0.25, 0.3) is 28.3 Å². The molecule has 0 fully saturated rings. The predicted octanol–water partition coefficient (Wildman–Crippen LogP) is 4.80. The van der Waals surface area contributed by atoms with Gasteiger partial charge in [-0.1, -0.05) is 23.7 Å². The lowest BCUT2D eigenvalue weighted by Crippen LogP contribution is -1.92. The summed E-state index contributed by atoms with van der Waals surface area (Å²) in [6, 6.07) is 14.1. The summed E-state index contributed by atoms with van der Waals surface area (Å²) in [6.07, 6.45) is 3.97. The van der Waals surface area contributed by atoms with E-state index in [0.717, 1.165) is 28.3 Å². The zero-order valence-electron chi connectivity index (χ0n) is 12.4. The van der Waals surface area contributed by atoms with Crippen molar-refractivity contribution < 1.29 is 4.39 Å². The highest BCUT2D eigenvalue weighted by atomic mass is 35.5. The van der Waals surface area contributed by atoms with Crippen LogP contribution in [0.15, 0.2) is 60.9 Å². The van der Waals surface area contributed by atoms with Crippen LogP contribution in [0.4, 0.5) is 4.39 Å². The molecular formula is C18H13ClFN3. The summed E-state index contributed by atoms with van der Waals surface area (Å²) in [5, 5.41) is 0.705. The van der Waals surface area contributed by atoms with Crippen LogP contribution >= 0.6 is 11.6 Å². The number of aryl methyl sites for hydroxylation is 1. The summed E-state index contributed by atoms with van der Waals surface area (Å²) < 4.78 is 17.1. The fraction of sp³-hybridized carbons (Fsp3) is 0.0556. The Labute approximate surface area is 137 Å². The van der Waals surface area contributed by atoms with Gasteiger partial charge in [-0.05, 0) is 42.0 Å². The highest BCUT2D eigenvalue weighted by Crippen LogP contribution is 2.26. The van der Waals surface area contributed by atoms with Crippen molar-refractivity contribution in [3.63, 3.8) is 0 Å². The van der Waals surface area contributed by atoms with Crippen LogP contribution in [0.2, 0.25) is 5.02 Å². The van der Waals surface area contributed by atoms with E-state index in [4.69, 9.17) is 11.6 Å². The Kier molecular flexibility index (Phi) is 3.20. The van der Waals surface area contributed by atoms with Crippen molar-refractivity contribution in [2.45, 2.75) is 0 Å². The fourth-order valence-corrected chi connectivity index (χ4v) is 2.83. The quantitative estimate of drug-likeness (QED) is 0.519. The first-order valence-corrected chi connectivity index (χ1v) is 7.56. The molecule has 0 saturated heterocycles. The van der Waals surface area contributed by atoms with Crippen LogP contribution in [0.5, 0.6) is 0 Å². The van der Waals surface area contributed by atoms with Gasteiger partial charge in [0.2, 0.25) is 5.78 Å².